The molecule has 19 heavy (non-hydrogen) atoms. The highest BCUT2D eigenvalue weighted by Gasteiger charge is 2.11. The molecule has 0 saturated heterocycles. The van der Waals surface area contributed by atoms with Crippen LogP contribution in [0.3, 0.4) is 0 Å². The molecule has 4 nitrogen and oxygen atoms in total. The zero-order valence-electron chi connectivity index (χ0n) is 10.2. The summed E-state index contributed by atoms with van der Waals surface area (Å²) in [6.45, 7) is 2.11. The van der Waals surface area contributed by atoms with E-state index in [1.165, 1.54) is 0 Å². The summed E-state index contributed by atoms with van der Waals surface area (Å²) in [4.78, 5) is 0. The fourth-order valence-electron chi connectivity index (χ4n) is 1.65. The molecule has 1 heterocycles. The van der Waals surface area contributed by atoms with Crippen molar-refractivity contribution < 1.29 is 13.3 Å². The Morgan fingerprint density at radius 2 is 1.95 bits per heavy atom. The Kier molecular flexibility index (Phi) is 3.88. The quantitative estimate of drug-likeness (QED) is 0.920. The van der Waals surface area contributed by atoms with Gasteiger partial charge >= 0.3 is 0 Å². The van der Waals surface area contributed by atoms with Crippen LogP contribution in [0.1, 0.15) is 22.6 Å². The smallest absolute Gasteiger partial charge is 0.150 e. The Morgan fingerprint density at radius 1 is 1.26 bits per heavy atom. The number of hydrogen-bond donors (Lipinski definition) is 1. The molecular weight excluding hydrogens is 252 g/mol. The number of rotatable bonds is 4. The van der Waals surface area contributed by atoms with Crippen LogP contribution in [-0.2, 0) is 13.1 Å². The predicted molar refractivity (Wildman–Crippen MR) is 62.9 cm³/mol. The second-order valence-corrected chi connectivity index (χ2v) is 4.07. The van der Waals surface area contributed by atoms with Gasteiger partial charge in [0.2, 0.25) is 0 Å². The highest BCUT2D eigenvalue weighted by atomic mass is 19.1. The molecule has 0 aliphatic rings. The minimum atomic E-state index is -0.738. The fourth-order valence-corrected chi connectivity index (χ4v) is 1.65. The Bertz CT molecular complexity index is 608. The number of nitriles is 1. The van der Waals surface area contributed by atoms with Crippen molar-refractivity contribution in [3.05, 3.63) is 52.4 Å². The van der Waals surface area contributed by atoms with E-state index < -0.39 is 11.6 Å². The molecule has 2 rings (SSSR count). The molecule has 2 aromatic rings. The topological polar surface area (TPSA) is 61.9 Å². The third kappa shape index (κ3) is 3.14. The largest absolute Gasteiger partial charge is 0.360 e. The molecular formula is C13H11F2N3O. The molecule has 6 heteroatoms. The van der Waals surface area contributed by atoms with Gasteiger partial charge in [0, 0.05) is 18.2 Å². The number of aromatic nitrogens is 1. The first-order valence-corrected chi connectivity index (χ1v) is 5.61. The minimum Gasteiger partial charge on any atom is -0.360 e. The summed E-state index contributed by atoms with van der Waals surface area (Å²) in [7, 11) is 0. The zero-order valence-corrected chi connectivity index (χ0v) is 10.2. The number of benzene rings is 1. The van der Waals surface area contributed by atoms with Crippen molar-refractivity contribution in [2.75, 3.05) is 0 Å². The lowest BCUT2D eigenvalue weighted by molar-refractivity contribution is 0.368. The van der Waals surface area contributed by atoms with Gasteiger partial charge in [-0.3, -0.25) is 0 Å². The molecule has 0 aliphatic carbocycles. The predicted octanol–water partition coefficient (Wildman–Crippen LogP) is 2.42. The summed E-state index contributed by atoms with van der Waals surface area (Å²) < 4.78 is 32.1. The molecule has 1 aromatic carbocycles. The van der Waals surface area contributed by atoms with Crippen LogP contribution in [0.25, 0.3) is 0 Å². The first-order chi connectivity index (χ1) is 9.10. The summed E-state index contributed by atoms with van der Waals surface area (Å²) in [5.41, 5.74) is 0.604. The number of aryl methyl sites for hydroxylation is 1. The van der Waals surface area contributed by atoms with Crippen LogP contribution >= 0.6 is 0 Å². The van der Waals surface area contributed by atoms with E-state index in [9.17, 15) is 8.78 Å². The van der Waals surface area contributed by atoms with E-state index in [2.05, 4.69) is 10.5 Å². The summed E-state index contributed by atoms with van der Waals surface area (Å²) >= 11 is 0. The van der Waals surface area contributed by atoms with Crippen molar-refractivity contribution in [3.8, 4) is 6.07 Å². The lowest BCUT2D eigenvalue weighted by Gasteiger charge is -2.06. The summed E-state index contributed by atoms with van der Waals surface area (Å²) in [5.74, 6) is -0.887. The molecule has 0 fully saturated rings. The minimum absolute atomic E-state index is 0.00310. The van der Waals surface area contributed by atoms with Gasteiger partial charge in [0.1, 0.15) is 11.6 Å². The standard InChI is InChI=1S/C13H11F2N3O/c1-8-2-10(19-18-8)6-17-7-11-12(14)3-9(5-16)4-13(11)15/h2-4,17H,6-7H2,1H3. The lowest BCUT2D eigenvalue weighted by atomic mass is 10.1. The summed E-state index contributed by atoms with van der Waals surface area (Å²) in [6, 6.07) is 5.46. The lowest BCUT2D eigenvalue weighted by Crippen LogP contribution is -2.15. The molecule has 0 spiro atoms. The van der Waals surface area contributed by atoms with Crippen LogP contribution in [0.5, 0.6) is 0 Å². The van der Waals surface area contributed by atoms with Crippen LogP contribution in [0.15, 0.2) is 22.7 Å². The molecule has 98 valence electrons. The normalized spacial score (nSPS) is 10.4. The van der Waals surface area contributed by atoms with Crippen molar-refractivity contribution in [2.45, 2.75) is 20.0 Å². The van der Waals surface area contributed by atoms with Crippen molar-refractivity contribution in [3.63, 3.8) is 0 Å². The fraction of sp³-hybridized carbons (Fsp3) is 0.231. The molecule has 0 saturated carbocycles. The molecule has 0 bridgehead atoms. The molecule has 1 N–H and O–H groups in total. The van der Waals surface area contributed by atoms with Crippen molar-refractivity contribution in [1.29, 1.82) is 5.26 Å². The van der Waals surface area contributed by atoms with E-state index in [4.69, 9.17) is 9.78 Å². The molecule has 0 amide bonds. The van der Waals surface area contributed by atoms with E-state index in [0.29, 0.717) is 12.3 Å². The highest BCUT2D eigenvalue weighted by Crippen LogP contribution is 2.15. The van der Waals surface area contributed by atoms with Gasteiger partial charge in [0.25, 0.3) is 0 Å². The number of halogens is 2. The van der Waals surface area contributed by atoms with Crippen LogP contribution in [0.4, 0.5) is 8.78 Å². The van der Waals surface area contributed by atoms with Crippen LogP contribution in [0.2, 0.25) is 0 Å². The van der Waals surface area contributed by atoms with Crippen molar-refractivity contribution in [2.24, 2.45) is 0 Å². The van der Waals surface area contributed by atoms with E-state index in [-0.39, 0.29) is 17.7 Å². The zero-order chi connectivity index (χ0) is 13.8. The van der Waals surface area contributed by atoms with E-state index in [0.717, 1.165) is 17.8 Å². The van der Waals surface area contributed by atoms with Crippen LogP contribution in [0, 0.1) is 29.9 Å². The summed E-state index contributed by atoms with van der Waals surface area (Å²) in [5, 5.41) is 15.1. The third-order valence-corrected chi connectivity index (χ3v) is 2.55. The van der Waals surface area contributed by atoms with Crippen LogP contribution < -0.4 is 5.32 Å². The second kappa shape index (κ2) is 5.59. The highest BCUT2D eigenvalue weighted by molar-refractivity contribution is 5.34. The van der Waals surface area contributed by atoms with Gasteiger partial charge in [0.15, 0.2) is 5.76 Å². The number of hydrogen-bond acceptors (Lipinski definition) is 4. The van der Waals surface area contributed by atoms with Gasteiger partial charge < -0.3 is 9.84 Å². The third-order valence-electron chi connectivity index (χ3n) is 2.55. The molecule has 0 aliphatic heterocycles. The van der Waals surface area contributed by atoms with Crippen LogP contribution in [-0.4, -0.2) is 5.16 Å². The van der Waals surface area contributed by atoms with Crippen molar-refractivity contribution >= 4 is 0 Å². The summed E-state index contributed by atoms with van der Waals surface area (Å²) in [6.07, 6.45) is 0. The van der Waals surface area contributed by atoms with Gasteiger partial charge in [-0.2, -0.15) is 5.26 Å². The molecule has 0 radical (unpaired) electrons. The Hall–Kier alpha value is -2.26. The Labute approximate surface area is 108 Å². The average molecular weight is 263 g/mol. The van der Waals surface area contributed by atoms with Crippen molar-refractivity contribution in [1.82, 2.24) is 10.5 Å². The van der Waals surface area contributed by atoms with E-state index in [1.54, 1.807) is 19.1 Å². The molecule has 1 aromatic heterocycles. The maximum atomic E-state index is 13.6. The maximum Gasteiger partial charge on any atom is 0.150 e. The van der Waals surface area contributed by atoms with Gasteiger partial charge in [-0.05, 0) is 19.1 Å². The van der Waals surface area contributed by atoms with E-state index >= 15 is 0 Å². The number of nitrogens with one attached hydrogen (secondary N) is 1. The Balaban J connectivity index is 2.02. The second-order valence-electron chi connectivity index (χ2n) is 4.07. The molecule has 0 unspecified atom stereocenters. The average Bonchev–Trinajstić information content (AvgIpc) is 2.78. The molecule has 0 atom stereocenters. The first kappa shape index (κ1) is 13.2. The maximum absolute atomic E-state index is 13.6. The van der Waals surface area contributed by atoms with Gasteiger partial charge in [-0.1, -0.05) is 5.16 Å². The van der Waals surface area contributed by atoms with Gasteiger partial charge in [-0.15, -0.1) is 0 Å². The first-order valence-electron chi connectivity index (χ1n) is 5.61. The van der Waals surface area contributed by atoms with E-state index in [1.807, 2.05) is 0 Å². The van der Waals surface area contributed by atoms with Gasteiger partial charge in [-0.25, -0.2) is 8.78 Å². The SMILES string of the molecule is Cc1cc(CNCc2c(F)cc(C#N)cc2F)on1. The number of nitrogens with zero attached hydrogens (tertiary/aromatic N) is 2. The Morgan fingerprint density at radius 3 is 2.47 bits per heavy atom. The monoisotopic (exact) mass is 263 g/mol. The van der Waals surface area contributed by atoms with Gasteiger partial charge in [0.05, 0.1) is 23.9 Å².